The molecule has 0 spiro atoms. The minimum atomic E-state index is -0.479. The monoisotopic (exact) mass is 440 g/mol. The Balaban J connectivity index is 1.61. The largest absolute Gasteiger partial charge is 0.491 e. The zero-order valence-electron chi connectivity index (χ0n) is 18.6. The van der Waals surface area contributed by atoms with E-state index in [1.807, 2.05) is 36.9 Å². The molecule has 0 atom stereocenters. The molecule has 1 fully saturated rings. The van der Waals surface area contributed by atoms with Gasteiger partial charge in [-0.2, -0.15) is 0 Å². The number of hydrogen-bond acceptors (Lipinski definition) is 6. The summed E-state index contributed by atoms with van der Waals surface area (Å²) in [6, 6.07) is 10.4. The molecule has 1 aliphatic rings. The van der Waals surface area contributed by atoms with E-state index in [1.165, 1.54) is 13.0 Å². The number of aryl methyl sites for hydroxylation is 2. The van der Waals surface area contributed by atoms with Crippen LogP contribution >= 0.6 is 0 Å². The molecule has 0 aromatic heterocycles. The van der Waals surface area contributed by atoms with E-state index >= 15 is 0 Å². The van der Waals surface area contributed by atoms with Crippen molar-refractivity contribution >= 4 is 23.2 Å². The van der Waals surface area contributed by atoms with E-state index in [-0.39, 0.29) is 30.3 Å². The summed E-state index contributed by atoms with van der Waals surface area (Å²) in [6.45, 7) is 8.02. The van der Waals surface area contributed by atoms with Gasteiger partial charge in [-0.15, -0.1) is 0 Å². The number of nitro benzene ring substituents is 1. The molecule has 32 heavy (non-hydrogen) atoms. The molecule has 0 saturated carbocycles. The molecule has 170 valence electrons. The van der Waals surface area contributed by atoms with Gasteiger partial charge in [-0.25, -0.2) is 0 Å². The van der Waals surface area contributed by atoms with Gasteiger partial charge in [-0.1, -0.05) is 18.2 Å². The molecule has 0 radical (unpaired) electrons. The van der Waals surface area contributed by atoms with Crippen LogP contribution in [0.4, 0.5) is 11.4 Å². The number of nitrogens with zero attached hydrogens (tertiary/aromatic N) is 3. The molecular formula is C23H28N4O5. The average molecular weight is 441 g/mol. The van der Waals surface area contributed by atoms with Gasteiger partial charge in [-0.05, 0) is 37.1 Å². The lowest BCUT2D eigenvalue weighted by Gasteiger charge is -2.35. The number of nitrogens with one attached hydrogen (secondary N) is 1. The third-order valence-corrected chi connectivity index (χ3v) is 5.54. The van der Waals surface area contributed by atoms with Gasteiger partial charge >= 0.3 is 0 Å². The van der Waals surface area contributed by atoms with Crippen molar-refractivity contribution in [2.45, 2.75) is 20.8 Å². The molecule has 1 saturated heterocycles. The molecule has 3 rings (SSSR count). The number of nitro groups is 1. The number of ether oxygens (including phenoxy) is 1. The summed E-state index contributed by atoms with van der Waals surface area (Å²) >= 11 is 0. The van der Waals surface area contributed by atoms with Crippen molar-refractivity contribution in [2.24, 2.45) is 0 Å². The van der Waals surface area contributed by atoms with Crippen LogP contribution in [0, 0.1) is 24.0 Å². The normalized spacial score (nSPS) is 13.6. The quantitative estimate of drug-likeness (QED) is 0.403. The zero-order chi connectivity index (χ0) is 23.3. The van der Waals surface area contributed by atoms with Crippen LogP contribution in [-0.4, -0.2) is 61.0 Å². The second-order valence-electron chi connectivity index (χ2n) is 7.78. The first-order valence-electron chi connectivity index (χ1n) is 10.5. The van der Waals surface area contributed by atoms with E-state index in [9.17, 15) is 19.7 Å². The van der Waals surface area contributed by atoms with E-state index in [4.69, 9.17) is 4.74 Å². The van der Waals surface area contributed by atoms with Gasteiger partial charge in [0.25, 0.3) is 11.6 Å². The lowest BCUT2D eigenvalue weighted by Crippen LogP contribution is -2.48. The number of piperazine rings is 1. The summed E-state index contributed by atoms with van der Waals surface area (Å²) < 4.78 is 5.78. The molecule has 9 heteroatoms. The average Bonchev–Trinajstić information content (AvgIpc) is 2.77. The van der Waals surface area contributed by atoms with E-state index in [0.717, 1.165) is 16.9 Å². The van der Waals surface area contributed by atoms with Crippen LogP contribution in [0.3, 0.4) is 0 Å². The molecule has 1 aliphatic heterocycles. The van der Waals surface area contributed by atoms with Gasteiger partial charge in [0.15, 0.2) is 0 Å². The molecule has 0 bridgehead atoms. The van der Waals surface area contributed by atoms with Crippen LogP contribution in [0.2, 0.25) is 0 Å². The van der Waals surface area contributed by atoms with Crippen molar-refractivity contribution in [2.75, 3.05) is 44.2 Å². The highest BCUT2D eigenvalue weighted by atomic mass is 16.6. The molecule has 2 aromatic rings. The van der Waals surface area contributed by atoms with Crippen LogP contribution in [0.15, 0.2) is 36.4 Å². The molecule has 1 N–H and O–H groups in total. The minimum Gasteiger partial charge on any atom is -0.491 e. The molecular weight excluding hydrogens is 412 g/mol. The third-order valence-electron chi connectivity index (χ3n) is 5.54. The highest BCUT2D eigenvalue weighted by Crippen LogP contribution is 2.30. The first kappa shape index (κ1) is 23.1. The standard InChI is InChI=1S/C23H28N4O5/c1-16-5-4-6-17(2)22(16)32-14-9-24-23(29)19-7-8-20(21(15-19)27(30)31)26-12-10-25(11-13-26)18(3)28/h4-8,15H,9-14H2,1-3H3,(H,24,29). The smallest absolute Gasteiger partial charge is 0.293 e. The molecule has 1 heterocycles. The van der Waals surface area contributed by atoms with Crippen LogP contribution < -0.4 is 15.0 Å². The van der Waals surface area contributed by atoms with Crippen molar-refractivity contribution in [3.05, 3.63) is 63.2 Å². The van der Waals surface area contributed by atoms with Gasteiger partial charge in [0.2, 0.25) is 5.91 Å². The predicted octanol–water partition coefficient (Wildman–Crippen LogP) is 2.69. The maximum absolute atomic E-state index is 12.5. The summed E-state index contributed by atoms with van der Waals surface area (Å²) in [5.74, 6) is 0.394. The van der Waals surface area contributed by atoms with Gasteiger partial charge in [-0.3, -0.25) is 19.7 Å². The number of anilines is 1. The van der Waals surface area contributed by atoms with Crippen molar-refractivity contribution in [1.82, 2.24) is 10.2 Å². The fraction of sp³-hybridized carbons (Fsp3) is 0.391. The Morgan fingerprint density at radius 1 is 1.09 bits per heavy atom. The summed E-state index contributed by atoms with van der Waals surface area (Å²) in [4.78, 5) is 38.8. The Hall–Kier alpha value is -3.62. The summed E-state index contributed by atoms with van der Waals surface area (Å²) in [6.07, 6.45) is 0. The molecule has 2 aromatic carbocycles. The SMILES string of the molecule is CC(=O)N1CCN(c2ccc(C(=O)NCCOc3c(C)cccc3C)cc2[N+](=O)[O-])CC1. The molecule has 0 aliphatic carbocycles. The van der Waals surface area contributed by atoms with Gasteiger partial charge in [0.1, 0.15) is 18.0 Å². The van der Waals surface area contributed by atoms with E-state index in [2.05, 4.69) is 5.32 Å². The Bertz CT molecular complexity index is 995. The minimum absolute atomic E-state index is 0.00673. The maximum Gasteiger partial charge on any atom is 0.293 e. The molecule has 9 nitrogen and oxygen atoms in total. The number of hydrogen-bond donors (Lipinski definition) is 1. The van der Waals surface area contributed by atoms with Crippen molar-refractivity contribution in [1.29, 1.82) is 0 Å². The number of para-hydroxylation sites is 1. The summed E-state index contributed by atoms with van der Waals surface area (Å²) in [5.41, 5.74) is 2.59. The van der Waals surface area contributed by atoms with Gasteiger partial charge < -0.3 is 19.9 Å². The number of rotatable bonds is 7. The molecule has 0 unspecified atom stereocenters. The van der Waals surface area contributed by atoms with Gasteiger partial charge in [0, 0.05) is 44.7 Å². The lowest BCUT2D eigenvalue weighted by atomic mass is 10.1. The van der Waals surface area contributed by atoms with Crippen LogP contribution in [0.25, 0.3) is 0 Å². The highest BCUT2D eigenvalue weighted by molar-refractivity contribution is 5.95. The Labute approximate surface area is 187 Å². The Morgan fingerprint density at radius 3 is 2.34 bits per heavy atom. The number of benzene rings is 2. The Morgan fingerprint density at radius 2 is 1.75 bits per heavy atom. The fourth-order valence-corrected chi connectivity index (χ4v) is 3.79. The first-order chi connectivity index (χ1) is 15.3. The third kappa shape index (κ3) is 5.35. The predicted molar refractivity (Wildman–Crippen MR) is 121 cm³/mol. The van der Waals surface area contributed by atoms with E-state index in [0.29, 0.717) is 31.9 Å². The number of amides is 2. The summed E-state index contributed by atoms with van der Waals surface area (Å²) in [5, 5.41) is 14.4. The van der Waals surface area contributed by atoms with Crippen molar-refractivity contribution < 1.29 is 19.2 Å². The van der Waals surface area contributed by atoms with Crippen molar-refractivity contribution in [3.63, 3.8) is 0 Å². The first-order valence-corrected chi connectivity index (χ1v) is 10.5. The Kier molecular flexibility index (Phi) is 7.29. The lowest BCUT2D eigenvalue weighted by molar-refractivity contribution is -0.384. The fourth-order valence-electron chi connectivity index (χ4n) is 3.79. The van der Waals surface area contributed by atoms with Crippen molar-refractivity contribution in [3.8, 4) is 5.75 Å². The second-order valence-corrected chi connectivity index (χ2v) is 7.78. The second kappa shape index (κ2) is 10.1. The number of carbonyl (C=O) groups excluding carboxylic acids is 2. The maximum atomic E-state index is 12.5. The van der Waals surface area contributed by atoms with Crippen LogP contribution in [0.1, 0.15) is 28.4 Å². The highest BCUT2D eigenvalue weighted by Gasteiger charge is 2.25. The van der Waals surface area contributed by atoms with E-state index < -0.39 is 10.8 Å². The van der Waals surface area contributed by atoms with Crippen LogP contribution in [0.5, 0.6) is 5.75 Å². The number of carbonyl (C=O) groups is 2. The zero-order valence-corrected chi connectivity index (χ0v) is 18.6. The van der Waals surface area contributed by atoms with Crippen LogP contribution in [-0.2, 0) is 4.79 Å². The molecule has 2 amide bonds. The summed E-state index contributed by atoms with van der Waals surface area (Å²) in [7, 11) is 0. The topological polar surface area (TPSA) is 105 Å². The van der Waals surface area contributed by atoms with E-state index in [1.54, 1.807) is 17.0 Å². The van der Waals surface area contributed by atoms with Gasteiger partial charge in [0.05, 0.1) is 11.5 Å².